The molecule has 0 atom stereocenters. The second-order valence-corrected chi connectivity index (χ2v) is 6.84. The first-order chi connectivity index (χ1) is 9.33. The van der Waals surface area contributed by atoms with E-state index in [0.29, 0.717) is 19.3 Å². The molecule has 2 rings (SSSR count). The molecular weight excluding hydrogens is 286 g/mol. The molecule has 0 heterocycles. The van der Waals surface area contributed by atoms with Gasteiger partial charge in [0.2, 0.25) is 10.0 Å². The highest BCUT2D eigenvalue weighted by atomic mass is 32.2. The van der Waals surface area contributed by atoms with Gasteiger partial charge in [0.15, 0.2) is 11.6 Å². The highest BCUT2D eigenvalue weighted by molar-refractivity contribution is 7.89. The fourth-order valence-corrected chi connectivity index (χ4v) is 4.07. The van der Waals surface area contributed by atoms with Gasteiger partial charge in [-0.3, -0.25) is 0 Å². The van der Waals surface area contributed by atoms with Gasteiger partial charge in [-0.05, 0) is 43.4 Å². The summed E-state index contributed by atoms with van der Waals surface area (Å²) in [6, 6.07) is 2.00. The molecule has 7 heteroatoms. The summed E-state index contributed by atoms with van der Waals surface area (Å²) < 4.78 is 54.3. The number of hydrogen-bond acceptors (Lipinski definition) is 3. The van der Waals surface area contributed by atoms with Crippen molar-refractivity contribution in [1.29, 1.82) is 0 Å². The maximum absolute atomic E-state index is 13.8. The number of nitrogens with two attached hydrogens (primary N) is 1. The maximum atomic E-state index is 13.8. The number of halogens is 2. The van der Waals surface area contributed by atoms with E-state index in [9.17, 15) is 17.2 Å². The van der Waals surface area contributed by atoms with Crippen molar-refractivity contribution in [2.24, 2.45) is 5.73 Å². The molecule has 1 aromatic rings. The van der Waals surface area contributed by atoms with Gasteiger partial charge in [-0.15, -0.1) is 0 Å². The van der Waals surface area contributed by atoms with Crippen molar-refractivity contribution in [2.45, 2.75) is 49.6 Å². The first-order valence-corrected chi connectivity index (χ1v) is 8.04. The van der Waals surface area contributed by atoms with Crippen molar-refractivity contribution in [3.8, 4) is 0 Å². The zero-order valence-corrected chi connectivity index (χ0v) is 12.1. The SMILES string of the molecule is CCC1(NS(=O)(=O)c2cc(CN)cc(F)c2F)CCC1. The Morgan fingerprint density at radius 2 is 2.00 bits per heavy atom. The maximum Gasteiger partial charge on any atom is 0.244 e. The van der Waals surface area contributed by atoms with E-state index in [-0.39, 0.29) is 12.1 Å². The van der Waals surface area contributed by atoms with Gasteiger partial charge >= 0.3 is 0 Å². The molecule has 0 aromatic heterocycles. The lowest BCUT2D eigenvalue weighted by atomic mass is 9.76. The zero-order chi connectivity index (χ0) is 15.0. The highest BCUT2D eigenvalue weighted by Gasteiger charge is 2.40. The van der Waals surface area contributed by atoms with E-state index in [1.54, 1.807) is 0 Å². The molecule has 0 aliphatic heterocycles. The van der Waals surface area contributed by atoms with Crippen molar-refractivity contribution in [1.82, 2.24) is 4.72 Å². The zero-order valence-electron chi connectivity index (χ0n) is 11.2. The lowest BCUT2D eigenvalue weighted by molar-refractivity contribution is 0.213. The van der Waals surface area contributed by atoms with Gasteiger partial charge in [0.05, 0.1) is 0 Å². The van der Waals surface area contributed by atoms with Crippen LogP contribution in [-0.2, 0) is 16.6 Å². The highest BCUT2D eigenvalue weighted by Crippen LogP contribution is 2.36. The summed E-state index contributed by atoms with van der Waals surface area (Å²) in [6.07, 6.45) is 2.97. The van der Waals surface area contributed by atoms with Crippen LogP contribution in [0.2, 0.25) is 0 Å². The molecule has 3 N–H and O–H groups in total. The molecule has 0 amide bonds. The van der Waals surface area contributed by atoms with Crippen LogP contribution in [0, 0.1) is 11.6 Å². The van der Waals surface area contributed by atoms with Gasteiger partial charge in [-0.1, -0.05) is 6.92 Å². The average molecular weight is 304 g/mol. The Morgan fingerprint density at radius 1 is 1.35 bits per heavy atom. The van der Waals surface area contributed by atoms with Gasteiger partial charge < -0.3 is 5.73 Å². The molecule has 20 heavy (non-hydrogen) atoms. The van der Waals surface area contributed by atoms with Crippen LogP contribution in [0.25, 0.3) is 0 Å². The number of benzene rings is 1. The Morgan fingerprint density at radius 3 is 2.45 bits per heavy atom. The number of rotatable bonds is 5. The van der Waals surface area contributed by atoms with Crippen molar-refractivity contribution >= 4 is 10.0 Å². The summed E-state index contributed by atoms with van der Waals surface area (Å²) in [5, 5.41) is 0. The molecule has 0 saturated heterocycles. The largest absolute Gasteiger partial charge is 0.326 e. The van der Waals surface area contributed by atoms with Crippen LogP contribution in [0.4, 0.5) is 8.78 Å². The molecule has 1 aliphatic rings. The molecule has 112 valence electrons. The molecule has 1 aliphatic carbocycles. The number of nitrogens with one attached hydrogen (secondary N) is 1. The Kier molecular flexibility index (Phi) is 4.13. The van der Waals surface area contributed by atoms with Gasteiger partial charge in [0.1, 0.15) is 4.90 Å². The van der Waals surface area contributed by atoms with E-state index in [2.05, 4.69) is 4.72 Å². The lowest BCUT2D eigenvalue weighted by Crippen LogP contribution is -2.52. The minimum Gasteiger partial charge on any atom is -0.326 e. The lowest BCUT2D eigenvalue weighted by Gasteiger charge is -2.41. The summed E-state index contributed by atoms with van der Waals surface area (Å²) in [5.41, 5.74) is 5.08. The second kappa shape index (κ2) is 5.38. The van der Waals surface area contributed by atoms with Crippen molar-refractivity contribution in [2.75, 3.05) is 0 Å². The van der Waals surface area contributed by atoms with Crippen LogP contribution in [-0.4, -0.2) is 14.0 Å². The minimum atomic E-state index is -4.10. The third-order valence-corrected chi connectivity index (χ3v) is 5.50. The molecule has 0 bridgehead atoms. The minimum absolute atomic E-state index is 0.0569. The van der Waals surface area contributed by atoms with Crippen molar-refractivity contribution in [3.63, 3.8) is 0 Å². The molecular formula is C13H18F2N2O2S. The van der Waals surface area contributed by atoms with E-state index in [1.807, 2.05) is 6.92 Å². The van der Waals surface area contributed by atoms with Crippen LogP contribution in [0.5, 0.6) is 0 Å². The molecule has 0 spiro atoms. The third kappa shape index (κ3) is 2.70. The first-order valence-electron chi connectivity index (χ1n) is 6.55. The van der Waals surface area contributed by atoms with Gasteiger partial charge in [-0.2, -0.15) is 0 Å². The standard InChI is InChI=1S/C13H18F2N2O2S/c1-2-13(4-3-5-13)17-20(18,19)11-7-9(8-16)6-10(14)12(11)15/h6-7,17H,2-5,8,16H2,1H3. The van der Waals surface area contributed by atoms with Gasteiger partial charge in [0.25, 0.3) is 0 Å². The number of sulfonamides is 1. The Labute approximate surface area is 117 Å². The Hall–Kier alpha value is -1.05. The second-order valence-electron chi connectivity index (χ2n) is 5.19. The quantitative estimate of drug-likeness (QED) is 0.874. The van der Waals surface area contributed by atoms with E-state index < -0.39 is 32.1 Å². The van der Waals surface area contributed by atoms with Crippen LogP contribution < -0.4 is 10.5 Å². The molecule has 0 unspecified atom stereocenters. The van der Waals surface area contributed by atoms with E-state index in [0.717, 1.165) is 18.6 Å². The first kappa shape index (κ1) is 15.3. The van der Waals surface area contributed by atoms with E-state index in [4.69, 9.17) is 5.73 Å². The predicted molar refractivity (Wildman–Crippen MR) is 71.4 cm³/mol. The fraction of sp³-hybridized carbons (Fsp3) is 0.538. The van der Waals surface area contributed by atoms with Crippen molar-refractivity contribution in [3.05, 3.63) is 29.3 Å². The molecule has 4 nitrogen and oxygen atoms in total. The molecule has 1 saturated carbocycles. The third-order valence-electron chi connectivity index (χ3n) is 3.92. The Balaban J connectivity index is 2.41. The summed E-state index contributed by atoms with van der Waals surface area (Å²) in [4.78, 5) is -0.669. The smallest absolute Gasteiger partial charge is 0.244 e. The molecule has 1 fully saturated rings. The summed E-state index contributed by atoms with van der Waals surface area (Å²) in [6.45, 7) is 1.81. The monoisotopic (exact) mass is 304 g/mol. The summed E-state index contributed by atoms with van der Waals surface area (Å²) in [7, 11) is -4.10. The van der Waals surface area contributed by atoms with Crippen LogP contribution in [0.1, 0.15) is 38.2 Å². The average Bonchev–Trinajstić information content (AvgIpc) is 2.36. The fourth-order valence-electron chi connectivity index (χ4n) is 2.40. The van der Waals surface area contributed by atoms with Crippen LogP contribution in [0.3, 0.4) is 0 Å². The summed E-state index contributed by atoms with van der Waals surface area (Å²) >= 11 is 0. The molecule has 1 aromatic carbocycles. The van der Waals surface area contributed by atoms with Crippen LogP contribution in [0.15, 0.2) is 17.0 Å². The topological polar surface area (TPSA) is 72.2 Å². The van der Waals surface area contributed by atoms with Gasteiger partial charge in [0, 0.05) is 12.1 Å². The van der Waals surface area contributed by atoms with E-state index in [1.165, 1.54) is 0 Å². The van der Waals surface area contributed by atoms with Crippen LogP contribution >= 0.6 is 0 Å². The van der Waals surface area contributed by atoms with Crippen molar-refractivity contribution < 1.29 is 17.2 Å². The van der Waals surface area contributed by atoms with Gasteiger partial charge in [-0.25, -0.2) is 21.9 Å². The normalized spacial score (nSPS) is 17.8. The number of hydrogen-bond donors (Lipinski definition) is 2. The van der Waals surface area contributed by atoms with E-state index >= 15 is 0 Å². The molecule has 0 radical (unpaired) electrons. The predicted octanol–water partition coefficient (Wildman–Crippen LogP) is 2.03. The Bertz CT molecular complexity index is 608. The summed E-state index contributed by atoms with van der Waals surface area (Å²) in [5.74, 6) is -2.56.